The van der Waals surface area contributed by atoms with E-state index in [1.54, 1.807) is 19.1 Å². The molecule has 0 spiro atoms. The van der Waals surface area contributed by atoms with E-state index in [9.17, 15) is 9.18 Å². The van der Waals surface area contributed by atoms with Crippen LogP contribution in [-0.2, 0) is 6.54 Å². The fourth-order valence-corrected chi connectivity index (χ4v) is 2.50. The van der Waals surface area contributed by atoms with Gasteiger partial charge in [-0.3, -0.25) is 4.79 Å². The second-order valence-corrected chi connectivity index (χ2v) is 6.48. The lowest BCUT2D eigenvalue weighted by atomic mass is 10.2. The van der Waals surface area contributed by atoms with Crippen LogP contribution >= 0.6 is 0 Å². The quantitative estimate of drug-likeness (QED) is 0.724. The summed E-state index contributed by atoms with van der Waals surface area (Å²) in [6.45, 7) is 5.97. The van der Waals surface area contributed by atoms with E-state index in [0.717, 1.165) is 11.3 Å². The highest BCUT2D eigenvalue weighted by atomic mass is 19.1. The minimum absolute atomic E-state index is 0.114. The minimum atomic E-state index is -0.331. The smallest absolute Gasteiger partial charge is 0.273 e. The monoisotopic (exact) mass is 368 g/mol. The summed E-state index contributed by atoms with van der Waals surface area (Å²) in [5.41, 5.74) is 2.28. The summed E-state index contributed by atoms with van der Waals surface area (Å²) in [6, 6.07) is 12.1. The molecule has 0 aliphatic heterocycles. The van der Waals surface area contributed by atoms with Crippen LogP contribution in [0.4, 0.5) is 4.39 Å². The summed E-state index contributed by atoms with van der Waals surface area (Å²) in [5.74, 6) is 0.168. The zero-order valence-electron chi connectivity index (χ0n) is 15.4. The third-order valence-electron chi connectivity index (χ3n) is 3.88. The number of nitrogens with one attached hydrogen (secondary N) is 1. The Morgan fingerprint density at radius 1 is 1.22 bits per heavy atom. The molecule has 7 heteroatoms. The van der Waals surface area contributed by atoms with Crippen molar-refractivity contribution in [3.63, 3.8) is 0 Å². The van der Waals surface area contributed by atoms with Crippen molar-refractivity contribution in [3.8, 4) is 11.4 Å². The van der Waals surface area contributed by atoms with E-state index in [4.69, 9.17) is 4.74 Å². The predicted molar refractivity (Wildman–Crippen MR) is 99.4 cm³/mol. The van der Waals surface area contributed by atoms with E-state index in [2.05, 4.69) is 15.6 Å². The lowest BCUT2D eigenvalue weighted by Crippen LogP contribution is -2.23. The summed E-state index contributed by atoms with van der Waals surface area (Å²) in [6.07, 6.45) is 1.63. The van der Waals surface area contributed by atoms with Gasteiger partial charge in [-0.1, -0.05) is 17.3 Å². The molecular formula is C20H21FN4O2. The Morgan fingerprint density at radius 2 is 1.96 bits per heavy atom. The number of hydrogen-bond donors (Lipinski definition) is 1. The number of aromatic nitrogens is 3. The van der Waals surface area contributed by atoms with Crippen molar-refractivity contribution < 1.29 is 13.9 Å². The van der Waals surface area contributed by atoms with E-state index in [1.165, 1.54) is 16.9 Å². The largest absolute Gasteiger partial charge is 0.491 e. The molecule has 1 N–H and O–H groups in total. The highest BCUT2D eigenvalue weighted by Crippen LogP contribution is 2.14. The lowest BCUT2D eigenvalue weighted by molar-refractivity contribution is 0.0946. The van der Waals surface area contributed by atoms with Crippen LogP contribution in [0.2, 0.25) is 0 Å². The molecule has 0 aliphatic carbocycles. The number of amides is 1. The lowest BCUT2D eigenvalue weighted by Gasteiger charge is -2.10. The molecule has 27 heavy (non-hydrogen) atoms. The third kappa shape index (κ3) is 4.69. The number of halogens is 1. The molecule has 1 aromatic heterocycles. The number of benzene rings is 2. The molecule has 3 aromatic rings. The van der Waals surface area contributed by atoms with E-state index in [0.29, 0.717) is 17.8 Å². The molecule has 1 amide bonds. The normalized spacial score (nSPS) is 10.9. The summed E-state index contributed by atoms with van der Waals surface area (Å²) in [5, 5.41) is 10.6. The summed E-state index contributed by atoms with van der Waals surface area (Å²) in [4.78, 5) is 12.3. The Morgan fingerprint density at radius 3 is 2.63 bits per heavy atom. The van der Waals surface area contributed by atoms with Crippen LogP contribution in [0.5, 0.6) is 5.75 Å². The fourth-order valence-electron chi connectivity index (χ4n) is 2.50. The Labute approximate surface area is 157 Å². The average molecular weight is 368 g/mol. The van der Waals surface area contributed by atoms with Gasteiger partial charge < -0.3 is 10.1 Å². The number of hydrogen-bond acceptors (Lipinski definition) is 4. The van der Waals surface area contributed by atoms with Gasteiger partial charge in [-0.05, 0) is 62.2 Å². The number of rotatable bonds is 6. The molecule has 0 radical (unpaired) electrons. The SMILES string of the molecule is Cc1cc(-n2cc(C(=O)NCc3ccc(OC(C)C)cc3)nn2)ccc1F. The molecule has 0 fully saturated rings. The molecule has 0 saturated carbocycles. The van der Waals surface area contributed by atoms with Gasteiger partial charge in [-0.2, -0.15) is 0 Å². The fraction of sp³-hybridized carbons (Fsp3) is 0.250. The van der Waals surface area contributed by atoms with Crippen molar-refractivity contribution in [3.05, 3.63) is 71.3 Å². The predicted octanol–water partition coefficient (Wildman–Crippen LogP) is 3.43. The Bertz CT molecular complexity index is 935. The van der Waals surface area contributed by atoms with Gasteiger partial charge in [-0.15, -0.1) is 5.10 Å². The van der Waals surface area contributed by atoms with E-state index in [1.807, 2.05) is 38.1 Å². The van der Waals surface area contributed by atoms with Crippen LogP contribution in [-0.4, -0.2) is 27.0 Å². The molecule has 1 heterocycles. The van der Waals surface area contributed by atoms with Crippen LogP contribution in [0, 0.1) is 12.7 Å². The van der Waals surface area contributed by atoms with Crippen LogP contribution in [0.25, 0.3) is 5.69 Å². The zero-order valence-corrected chi connectivity index (χ0v) is 15.4. The van der Waals surface area contributed by atoms with Gasteiger partial charge in [0, 0.05) is 6.54 Å². The molecule has 140 valence electrons. The topological polar surface area (TPSA) is 69.0 Å². The number of nitrogens with zero attached hydrogens (tertiary/aromatic N) is 3. The minimum Gasteiger partial charge on any atom is -0.491 e. The highest BCUT2D eigenvalue weighted by molar-refractivity contribution is 5.91. The van der Waals surface area contributed by atoms with Gasteiger partial charge in [0.05, 0.1) is 18.0 Å². The van der Waals surface area contributed by atoms with Crippen LogP contribution in [0.15, 0.2) is 48.7 Å². The van der Waals surface area contributed by atoms with E-state index >= 15 is 0 Å². The maximum absolute atomic E-state index is 13.4. The maximum atomic E-state index is 13.4. The van der Waals surface area contributed by atoms with Crippen molar-refractivity contribution in [2.24, 2.45) is 0 Å². The maximum Gasteiger partial charge on any atom is 0.273 e. The first-order valence-electron chi connectivity index (χ1n) is 8.65. The third-order valence-corrected chi connectivity index (χ3v) is 3.88. The van der Waals surface area contributed by atoms with Gasteiger partial charge >= 0.3 is 0 Å². The molecule has 0 unspecified atom stereocenters. The molecule has 0 bridgehead atoms. The molecular weight excluding hydrogens is 347 g/mol. The summed E-state index contributed by atoms with van der Waals surface area (Å²) >= 11 is 0. The first-order chi connectivity index (χ1) is 12.9. The van der Waals surface area contributed by atoms with Crippen molar-refractivity contribution in [1.82, 2.24) is 20.3 Å². The second-order valence-electron chi connectivity index (χ2n) is 6.48. The average Bonchev–Trinajstić information content (AvgIpc) is 3.13. The van der Waals surface area contributed by atoms with Crippen molar-refractivity contribution in [1.29, 1.82) is 0 Å². The molecule has 2 aromatic carbocycles. The van der Waals surface area contributed by atoms with Crippen molar-refractivity contribution in [2.75, 3.05) is 0 Å². The number of carbonyl (C=O) groups excluding carboxylic acids is 1. The first-order valence-corrected chi connectivity index (χ1v) is 8.65. The van der Waals surface area contributed by atoms with Gasteiger partial charge in [0.2, 0.25) is 0 Å². The van der Waals surface area contributed by atoms with Gasteiger partial charge in [0.25, 0.3) is 5.91 Å². The van der Waals surface area contributed by atoms with Crippen LogP contribution in [0.3, 0.4) is 0 Å². The molecule has 0 aliphatic rings. The van der Waals surface area contributed by atoms with Crippen LogP contribution in [0.1, 0.15) is 35.5 Å². The highest BCUT2D eigenvalue weighted by Gasteiger charge is 2.12. The van der Waals surface area contributed by atoms with Gasteiger partial charge in [-0.25, -0.2) is 9.07 Å². The van der Waals surface area contributed by atoms with Gasteiger partial charge in [0.1, 0.15) is 11.6 Å². The van der Waals surface area contributed by atoms with E-state index in [-0.39, 0.29) is 23.5 Å². The van der Waals surface area contributed by atoms with Crippen molar-refractivity contribution >= 4 is 5.91 Å². The second kappa shape index (κ2) is 7.99. The standard InChI is InChI=1S/C20H21FN4O2/c1-13(2)27-17-7-4-15(5-8-17)11-22-20(26)19-12-25(24-23-19)16-6-9-18(21)14(3)10-16/h4-10,12-13H,11H2,1-3H3,(H,22,26). The van der Waals surface area contributed by atoms with Crippen LogP contribution < -0.4 is 10.1 Å². The number of ether oxygens (including phenoxy) is 1. The van der Waals surface area contributed by atoms with Crippen molar-refractivity contribution in [2.45, 2.75) is 33.4 Å². The number of aryl methyl sites for hydroxylation is 1. The molecule has 0 atom stereocenters. The van der Waals surface area contributed by atoms with Gasteiger partial charge in [0.15, 0.2) is 5.69 Å². The molecule has 3 rings (SSSR count). The number of carbonyl (C=O) groups is 1. The summed E-state index contributed by atoms with van der Waals surface area (Å²) in [7, 11) is 0. The molecule has 0 saturated heterocycles. The van der Waals surface area contributed by atoms with E-state index < -0.39 is 0 Å². The Hall–Kier alpha value is -3.22. The zero-order chi connectivity index (χ0) is 19.4. The Balaban J connectivity index is 1.61. The first kappa shape index (κ1) is 18.6. The molecule has 6 nitrogen and oxygen atoms in total. The summed E-state index contributed by atoms with van der Waals surface area (Å²) < 4.78 is 20.4. The Kier molecular flexibility index (Phi) is 5.49.